The molecule has 4 rings (SSSR count). The van der Waals surface area contributed by atoms with E-state index in [9.17, 15) is 4.79 Å². The second-order valence-corrected chi connectivity index (χ2v) is 12.9. The molecule has 3 aliphatic heterocycles. The highest BCUT2D eigenvalue weighted by Gasteiger charge is 2.39. The summed E-state index contributed by atoms with van der Waals surface area (Å²) in [4.78, 5) is 18.0. The summed E-state index contributed by atoms with van der Waals surface area (Å²) in [6.45, 7) is 16.8. The molecule has 5 nitrogen and oxygen atoms in total. The van der Waals surface area contributed by atoms with E-state index >= 15 is 0 Å². The summed E-state index contributed by atoms with van der Waals surface area (Å²) in [6, 6.07) is 4.35. The van der Waals surface area contributed by atoms with E-state index < -0.39 is 5.60 Å². The molecule has 2 atom stereocenters. The van der Waals surface area contributed by atoms with Crippen molar-refractivity contribution in [1.82, 2.24) is 9.80 Å². The van der Waals surface area contributed by atoms with Gasteiger partial charge in [0.15, 0.2) is 0 Å². The number of hydrogen-bond donors (Lipinski definition) is 0. The van der Waals surface area contributed by atoms with Crippen LogP contribution in [0.3, 0.4) is 0 Å². The van der Waals surface area contributed by atoms with Gasteiger partial charge in [-0.3, -0.25) is 9.69 Å². The second kappa shape index (κ2) is 14.1. The third kappa shape index (κ3) is 7.51. The van der Waals surface area contributed by atoms with Crippen LogP contribution in [-0.4, -0.2) is 60.6 Å². The highest BCUT2D eigenvalue weighted by atomic mass is 16.5. The lowest BCUT2D eigenvalue weighted by Crippen LogP contribution is -2.42. The van der Waals surface area contributed by atoms with Crippen LogP contribution in [0.25, 0.3) is 5.57 Å². The molecule has 1 aromatic rings. The topological polar surface area (TPSA) is 42.0 Å². The highest BCUT2D eigenvalue weighted by molar-refractivity contribution is 5.85. The highest BCUT2D eigenvalue weighted by Crippen LogP contribution is 2.49. The predicted octanol–water partition coefficient (Wildman–Crippen LogP) is 7.44. The van der Waals surface area contributed by atoms with Crippen LogP contribution in [0.15, 0.2) is 17.7 Å². The fourth-order valence-corrected chi connectivity index (χ4v) is 6.74. The Bertz CT molecular complexity index is 1090. The minimum atomic E-state index is -0.408. The number of piperidine rings is 1. The summed E-state index contributed by atoms with van der Waals surface area (Å²) >= 11 is 0. The Morgan fingerprint density at radius 1 is 1.10 bits per heavy atom. The number of hydrogen-bond acceptors (Lipinski definition) is 5. The summed E-state index contributed by atoms with van der Waals surface area (Å²) in [5.74, 6) is 5.04. The van der Waals surface area contributed by atoms with E-state index in [0.717, 1.165) is 56.9 Å². The number of rotatable bonds is 12. The van der Waals surface area contributed by atoms with Gasteiger partial charge in [0.25, 0.3) is 0 Å². The number of terminal acetylenes is 1. The first-order valence-electron chi connectivity index (χ1n) is 15.9. The summed E-state index contributed by atoms with van der Waals surface area (Å²) in [5.41, 5.74) is 4.25. The Morgan fingerprint density at radius 3 is 2.60 bits per heavy atom. The summed E-state index contributed by atoms with van der Waals surface area (Å²) in [5, 5.41) is 0. The van der Waals surface area contributed by atoms with Crippen LogP contribution in [0.4, 0.5) is 0 Å². The van der Waals surface area contributed by atoms with Gasteiger partial charge in [0.05, 0.1) is 12.1 Å². The van der Waals surface area contributed by atoms with Gasteiger partial charge in [0, 0.05) is 19.5 Å². The van der Waals surface area contributed by atoms with Crippen molar-refractivity contribution in [1.29, 1.82) is 0 Å². The van der Waals surface area contributed by atoms with Crippen LogP contribution in [0.1, 0.15) is 116 Å². The lowest BCUT2D eigenvalue weighted by atomic mass is 9.79. The average molecular weight is 549 g/mol. The van der Waals surface area contributed by atoms with Gasteiger partial charge in [0.2, 0.25) is 0 Å². The van der Waals surface area contributed by atoms with Crippen LogP contribution in [-0.2, 0) is 4.79 Å². The Balaban J connectivity index is 1.62. The molecular weight excluding hydrogens is 496 g/mol. The molecule has 3 heterocycles. The maximum Gasteiger partial charge on any atom is 0.311 e. The predicted molar refractivity (Wildman–Crippen MR) is 165 cm³/mol. The number of likely N-dealkylation sites (tertiary alicyclic amines) is 1. The Kier molecular flexibility index (Phi) is 10.8. The van der Waals surface area contributed by atoms with Crippen LogP contribution in [0.2, 0.25) is 0 Å². The Labute approximate surface area is 243 Å². The number of nitrogens with zero attached hydrogens (tertiary/aromatic N) is 2. The molecular formula is C35H52N2O3. The third-order valence-electron chi connectivity index (χ3n) is 9.39. The van der Waals surface area contributed by atoms with Gasteiger partial charge in [-0.15, -0.1) is 6.42 Å². The minimum absolute atomic E-state index is 0.150. The molecule has 1 fully saturated rings. The lowest BCUT2D eigenvalue weighted by molar-refractivity contribution is -0.134. The molecule has 1 aromatic carbocycles. The van der Waals surface area contributed by atoms with Crippen LogP contribution >= 0.6 is 0 Å². The molecule has 220 valence electrons. The van der Waals surface area contributed by atoms with Gasteiger partial charge >= 0.3 is 5.97 Å². The normalized spacial score (nSPS) is 20.6. The zero-order valence-corrected chi connectivity index (χ0v) is 25.8. The average Bonchev–Trinajstić information content (AvgIpc) is 2.92. The van der Waals surface area contributed by atoms with Gasteiger partial charge in [-0.25, -0.2) is 0 Å². The Morgan fingerprint density at radius 2 is 1.88 bits per heavy atom. The molecule has 0 saturated carbocycles. The molecule has 0 aliphatic carbocycles. The van der Waals surface area contributed by atoms with E-state index in [2.05, 4.69) is 62.5 Å². The van der Waals surface area contributed by atoms with Crippen molar-refractivity contribution in [2.75, 3.05) is 39.3 Å². The zero-order valence-electron chi connectivity index (χ0n) is 25.8. The van der Waals surface area contributed by atoms with E-state index in [1.165, 1.54) is 61.7 Å². The first-order chi connectivity index (χ1) is 19.2. The molecule has 0 N–H and O–H groups in total. The monoisotopic (exact) mass is 548 g/mol. The smallest absolute Gasteiger partial charge is 0.311 e. The minimum Gasteiger partial charge on any atom is -0.483 e. The Hall–Kier alpha value is -2.29. The largest absolute Gasteiger partial charge is 0.483 e. The second-order valence-electron chi connectivity index (χ2n) is 12.9. The third-order valence-corrected chi connectivity index (χ3v) is 9.39. The van der Waals surface area contributed by atoms with Crippen molar-refractivity contribution < 1.29 is 14.3 Å². The van der Waals surface area contributed by atoms with Gasteiger partial charge in [-0.2, -0.15) is 0 Å². The summed E-state index contributed by atoms with van der Waals surface area (Å²) < 4.78 is 13.0. The van der Waals surface area contributed by atoms with Gasteiger partial charge in [-0.05, 0) is 99.8 Å². The van der Waals surface area contributed by atoms with Crippen molar-refractivity contribution in [3.8, 4) is 23.8 Å². The molecule has 3 aliphatic rings. The molecule has 5 heteroatoms. The number of unbranched alkanes of at least 4 members (excludes halogenated alkanes) is 2. The number of benzene rings is 1. The summed E-state index contributed by atoms with van der Waals surface area (Å²) in [6.07, 6.45) is 16.7. The maximum atomic E-state index is 13.2. The molecule has 0 radical (unpaired) electrons. The molecule has 0 aromatic heterocycles. The molecule has 0 bridgehead atoms. The van der Waals surface area contributed by atoms with E-state index in [1.807, 2.05) is 0 Å². The maximum absolute atomic E-state index is 13.2. The van der Waals surface area contributed by atoms with Crippen LogP contribution in [0.5, 0.6) is 11.5 Å². The van der Waals surface area contributed by atoms with Crippen molar-refractivity contribution in [2.45, 2.75) is 110 Å². The van der Waals surface area contributed by atoms with E-state index in [4.69, 9.17) is 15.9 Å². The van der Waals surface area contributed by atoms with Crippen molar-refractivity contribution in [3.05, 3.63) is 28.8 Å². The molecule has 0 spiro atoms. The molecule has 0 amide bonds. The van der Waals surface area contributed by atoms with Crippen LogP contribution in [0, 0.1) is 18.3 Å². The van der Waals surface area contributed by atoms with Crippen molar-refractivity contribution >= 4 is 11.5 Å². The molecule has 40 heavy (non-hydrogen) atoms. The van der Waals surface area contributed by atoms with Gasteiger partial charge in [0.1, 0.15) is 17.1 Å². The van der Waals surface area contributed by atoms with E-state index in [-0.39, 0.29) is 5.97 Å². The fraction of sp³-hybridized carbons (Fsp3) is 0.686. The quantitative estimate of drug-likeness (QED) is 0.118. The number of ether oxygens (including phenoxy) is 2. The standard InChI is InChI=1S/C35H52N2O3/c1-7-9-11-15-26(3)27(4)28-23-31(39-33(38)16-14-21-36-19-12-10-13-20-36)34-29-25-37(18-8-2)22-17-30(29)35(5,6)40-32(34)24-28/h2,23-24,26-27H,7,9-22,25H2,1,3-6H3. The first kappa shape index (κ1) is 30.7. The number of carbonyl (C=O) groups is 1. The lowest BCUT2D eigenvalue weighted by Gasteiger charge is -2.42. The van der Waals surface area contributed by atoms with Crippen molar-refractivity contribution in [2.24, 2.45) is 5.92 Å². The molecule has 2 unspecified atom stereocenters. The summed E-state index contributed by atoms with van der Waals surface area (Å²) in [7, 11) is 0. The van der Waals surface area contributed by atoms with Gasteiger partial charge < -0.3 is 14.4 Å². The molecule has 1 saturated heterocycles. The zero-order chi connectivity index (χ0) is 28.7. The first-order valence-corrected chi connectivity index (χ1v) is 15.9. The van der Waals surface area contributed by atoms with Gasteiger partial charge in [-0.1, -0.05) is 58.8 Å². The SMILES string of the molecule is C#CCN1CCC2=C(C1)c1c(OC(=O)CCCN3CCCCC3)cc(C(C)C(C)CCCCC)cc1OC2(C)C. The van der Waals surface area contributed by atoms with Crippen LogP contribution < -0.4 is 9.47 Å². The van der Waals surface area contributed by atoms with E-state index in [1.54, 1.807) is 0 Å². The fourth-order valence-electron chi connectivity index (χ4n) is 6.74. The number of esters is 1. The number of carbonyl (C=O) groups excluding carboxylic acids is 1. The van der Waals surface area contributed by atoms with Crippen molar-refractivity contribution in [3.63, 3.8) is 0 Å². The van der Waals surface area contributed by atoms with E-state index in [0.29, 0.717) is 30.6 Å². The number of fused-ring (bicyclic) bond motifs is 2.